The minimum Gasteiger partial charge on any atom is -0.370 e. The fourth-order valence-corrected chi connectivity index (χ4v) is 2.58. The molecule has 0 aromatic rings. The van der Waals surface area contributed by atoms with Crippen LogP contribution in [0.2, 0.25) is 0 Å². The van der Waals surface area contributed by atoms with Crippen LogP contribution in [0.5, 0.6) is 0 Å². The van der Waals surface area contributed by atoms with Crippen molar-refractivity contribution in [1.29, 1.82) is 0 Å². The summed E-state index contributed by atoms with van der Waals surface area (Å²) in [5.41, 5.74) is 0. The van der Waals surface area contributed by atoms with Gasteiger partial charge in [-0.3, -0.25) is 0 Å². The number of piperidine rings is 1. The molecule has 2 rings (SSSR count). The lowest BCUT2D eigenvalue weighted by atomic mass is 10.0. The normalized spacial score (nSPS) is 30.4. The summed E-state index contributed by atoms with van der Waals surface area (Å²) in [6.07, 6.45) is 5.75. The van der Waals surface area contributed by atoms with Crippen molar-refractivity contribution in [1.82, 2.24) is 0 Å². The van der Waals surface area contributed by atoms with E-state index in [4.69, 9.17) is 4.74 Å². The van der Waals surface area contributed by atoms with Crippen molar-refractivity contribution >= 4 is 0 Å². The van der Waals surface area contributed by atoms with Gasteiger partial charge in [0.25, 0.3) is 0 Å². The zero-order chi connectivity index (χ0) is 9.64. The molecule has 0 aliphatic carbocycles. The summed E-state index contributed by atoms with van der Waals surface area (Å²) in [7, 11) is 0. The van der Waals surface area contributed by atoms with Crippen LogP contribution in [0.1, 0.15) is 25.7 Å². The van der Waals surface area contributed by atoms with Crippen molar-refractivity contribution in [3.05, 3.63) is 0 Å². The Hall–Kier alpha value is -0.120. The van der Waals surface area contributed by atoms with Crippen LogP contribution in [0.15, 0.2) is 0 Å². The Bertz CT molecular complexity index is 133. The highest BCUT2D eigenvalue weighted by atomic mass is 16.5. The van der Waals surface area contributed by atoms with Crippen molar-refractivity contribution in [3.8, 4) is 0 Å². The van der Waals surface area contributed by atoms with Gasteiger partial charge < -0.3 is 15.0 Å². The Labute approximate surface area is 86.8 Å². The second-order valence-electron chi connectivity index (χ2n) is 4.68. The summed E-state index contributed by atoms with van der Waals surface area (Å²) in [6, 6.07) is 0.930. The van der Waals surface area contributed by atoms with Gasteiger partial charge in [-0.05, 0) is 19.3 Å². The molecule has 2 saturated heterocycles. The maximum absolute atomic E-state index is 5.36. The van der Waals surface area contributed by atoms with Crippen LogP contribution in [-0.2, 0) is 4.74 Å². The zero-order valence-corrected chi connectivity index (χ0v) is 9.13. The molecule has 0 unspecified atom stereocenters. The van der Waals surface area contributed by atoms with Gasteiger partial charge in [0.05, 0.1) is 32.3 Å². The summed E-state index contributed by atoms with van der Waals surface area (Å²) in [4.78, 5) is 1.76. The molecule has 82 valence electrons. The third-order valence-corrected chi connectivity index (χ3v) is 3.60. The maximum atomic E-state index is 5.36. The summed E-state index contributed by atoms with van der Waals surface area (Å²) in [6.45, 7) is 7.14. The summed E-state index contributed by atoms with van der Waals surface area (Å²) in [5, 5.41) is 2.56. The molecule has 0 radical (unpaired) electrons. The fraction of sp³-hybridized carbons (Fsp3) is 1.00. The molecule has 3 heteroatoms. The topological polar surface area (TPSA) is 30.3 Å². The van der Waals surface area contributed by atoms with Gasteiger partial charge in [-0.25, -0.2) is 0 Å². The number of hydrogen-bond acceptors (Lipinski definition) is 1. The molecule has 0 aromatic carbocycles. The van der Waals surface area contributed by atoms with Gasteiger partial charge in [0.2, 0.25) is 0 Å². The quantitative estimate of drug-likeness (QED) is 0.565. The van der Waals surface area contributed by atoms with Crippen molar-refractivity contribution in [2.45, 2.75) is 31.7 Å². The van der Waals surface area contributed by atoms with Gasteiger partial charge in [0, 0.05) is 6.42 Å². The van der Waals surface area contributed by atoms with Crippen LogP contribution in [0.25, 0.3) is 0 Å². The fourth-order valence-electron chi connectivity index (χ4n) is 2.58. The first-order valence-corrected chi connectivity index (χ1v) is 6.20. The number of ether oxygens (including phenoxy) is 1. The van der Waals surface area contributed by atoms with E-state index in [-0.39, 0.29) is 0 Å². The highest BCUT2D eigenvalue weighted by molar-refractivity contribution is 4.58. The summed E-state index contributed by atoms with van der Waals surface area (Å²) >= 11 is 0. The third-order valence-electron chi connectivity index (χ3n) is 3.60. The van der Waals surface area contributed by atoms with E-state index in [1.807, 2.05) is 0 Å². The van der Waals surface area contributed by atoms with Gasteiger partial charge in [-0.1, -0.05) is 0 Å². The van der Waals surface area contributed by atoms with E-state index in [9.17, 15) is 0 Å². The molecular formula is C11H24N2O+2. The van der Waals surface area contributed by atoms with E-state index in [2.05, 4.69) is 5.32 Å². The van der Waals surface area contributed by atoms with E-state index in [1.165, 1.54) is 51.9 Å². The van der Waals surface area contributed by atoms with Crippen LogP contribution in [0.3, 0.4) is 0 Å². The first-order chi connectivity index (χ1) is 6.95. The van der Waals surface area contributed by atoms with Crippen LogP contribution in [0, 0.1) is 0 Å². The summed E-state index contributed by atoms with van der Waals surface area (Å²) < 4.78 is 5.36. The number of quaternary nitrogens is 2. The largest absolute Gasteiger partial charge is 0.370 e. The first kappa shape index (κ1) is 10.4. The Morgan fingerprint density at radius 2 is 2.07 bits per heavy atom. The number of nitrogens with two attached hydrogens (primary N) is 1. The van der Waals surface area contributed by atoms with E-state index >= 15 is 0 Å². The maximum Gasteiger partial charge on any atom is 0.101 e. The molecule has 0 spiro atoms. The lowest BCUT2D eigenvalue weighted by Gasteiger charge is -2.26. The third kappa shape index (κ3) is 3.23. The average molecular weight is 200 g/mol. The SMILES string of the molecule is C1CC[C@H](CC[NH+]2CCOCC2)[NH2+]C1. The molecule has 2 aliphatic heterocycles. The van der Waals surface area contributed by atoms with Crippen molar-refractivity contribution in [3.63, 3.8) is 0 Å². The Kier molecular flexibility index (Phi) is 4.22. The van der Waals surface area contributed by atoms with Crippen LogP contribution < -0.4 is 10.2 Å². The second-order valence-corrected chi connectivity index (χ2v) is 4.68. The van der Waals surface area contributed by atoms with Crippen LogP contribution in [0.4, 0.5) is 0 Å². The number of rotatable bonds is 3. The Balaban J connectivity index is 1.60. The highest BCUT2D eigenvalue weighted by Gasteiger charge is 2.20. The van der Waals surface area contributed by atoms with E-state index in [0.29, 0.717) is 0 Å². The molecular weight excluding hydrogens is 176 g/mol. The minimum absolute atomic E-state index is 0.930. The van der Waals surface area contributed by atoms with Crippen molar-refractivity contribution in [2.75, 3.05) is 39.4 Å². The molecule has 0 aromatic heterocycles. The highest BCUT2D eigenvalue weighted by Crippen LogP contribution is 2.03. The number of hydrogen-bond donors (Lipinski definition) is 2. The lowest BCUT2D eigenvalue weighted by Crippen LogP contribution is -3.14. The Morgan fingerprint density at radius 3 is 2.79 bits per heavy atom. The molecule has 0 amide bonds. The van der Waals surface area contributed by atoms with E-state index < -0.39 is 0 Å². The first-order valence-electron chi connectivity index (χ1n) is 6.20. The van der Waals surface area contributed by atoms with E-state index in [0.717, 1.165) is 19.3 Å². The molecule has 14 heavy (non-hydrogen) atoms. The van der Waals surface area contributed by atoms with Crippen LogP contribution >= 0.6 is 0 Å². The monoisotopic (exact) mass is 200 g/mol. The Morgan fingerprint density at radius 1 is 1.21 bits per heavy atom. The van der Waals surface area contributed by atoms with Gasteiger partial charge in [0.15, 0.2) is 0 Å². The second kappa shape index (κ2) is 5.69. The molecule has 3 nitrogen and oxygen atoms in total. The predicted octanol–water partition coefficient (Wildman–Crippen LogP) is -1.59. The minimum atomic E-state index is 0.930. The van der Waals surface area contributed by atoms with Crippen molar-refractivity contribution < 1.29 is 15.0 Å². The van der Waals surface area contributed by atoms with Crippen LogP contribution in [-0.4, -0.2) is 45.4 Å². The molecule has 2 aliphatic rings. The zero-order valence-electron chi connectivity index (χ0n) is 9.13. The number of nitrogens with one attached hydrogen (secondary N) is 1. The molecule has 2 fully saturated rings. The van der Waals surface area contributed by atoms with E-state index in [1.54, 1.807) is 4.90 Å². The molecule has 1 atom stereocenters. The van der Waals surface area contributed by atoms with Gasteiger partial charge in [-0.15, -0.1) is 0 Å². The molecule has 3 N–H and O–H groups in total. The predicted molar refractivity (Wildman–Crippen MR) is 55.4 cm³/mol. The molecule has 0 bridgehead atoms. The van der Waals surface area contributed by atoms with Gasteiger partial charge in [0.1, 0.15) is 13.1 Å². The lowest BCUT2D eigenvalue weighted by molar-refractivity contribution is -0.910. The average Bonchev–Trinajstić information content (AvgIpc) is 2.29. The van der Waals surface area contributed by atoms with Crippen molar-refractivity contribution in [2.24, 2.45) is 0 Å². The van der Waals surface area contributed by atoms with Gasteiger partial charge in [-0.2, -0.15) is 0 Å². The van der Waals surface area contributed by atoms with Gasteiger partial charge >= 0.3 is 0 Å². The standard InChI is InChI=1S/C11H22N2O/c1-2-5-12-11(3-1)4-6-13-7-9-14-10-8-13/h11-12H,1-10H2/p+2/t11-/m1/s1. The molecule has 0 saturated carbocycles. The number of morpholine rings is 1. The smallest absolute Gasteiger partial charge is 0.101 e. The molecule has 2 heterocycles. The summed E-state index contributed by atoms with van der Waals surface area (Å²) in [5.74, 6) is 0.